The highest BCUT2D eigenvalue weighted by Crippen LogP contribution is 2.23. The second-order valence-electron chi connectivity index (χ2n) is 5.23. The van der Waals surface area contributed by atoms with Gasteiger partial charge in [-0.3, -0.25) is 4.68 Å². The Labute approximate surface area is 128 Å². The molecule has 110 valence electrons. The van der Waals surface area contributed by atoms with Crippen LogP contribution in [0, 0.1) is 0 Å². The number of nitrogens with zero attached hydrogens (tertiary/aromatic N) is 2. The second-order valence-corrected chi connectivity index (χ2v) is 6.02. The van der Waals surface area contributed by atoms with E-state index in [2.05, 4.69) is 53.2 Å². The van der Waals surface area contributed by atoms with Gasteiger partial charge in [0.05, 0.1) is 11.7 Å². The first-order valence-electron chi connectivity index (χ1n) is 7.12. The van der Waals surface area contributed by atoms with Gasteiger partial charge < -0.3 is 9.73 Å². The van der Waals surface area contributed by atoms with Gasteiger partial charge in [-0.15, -0.1) is 0 Å². The van der Waals surface area contributed by atoms with Crippen LogP contribution in [0.25, 0.3) is 0 Å². The van der Waals surface area contributed by atoms with E-state index in [4.69, 9.17) is 4.42 Å². The Hall–Kier alpha value is -1.07. The molecule has 2 heterocycles. The molecule has 0 saturated carbocycles. The molecule has 0 bridgehead atoms. The first kappa shape index (κ1) is 15.3. The lowest BCUT2D eigenvalue weighted by Gasteiger charge is -2.15. The molecule has 0 radical (unpaired) electrons. The molecule has 0 amide bonds. The summed E-state index contributed by atoms with van der Waals surface area (Å²) in [6, 6.07) is 6.58. The first-order valence-corrected chi connectivity index (χ1v) is 7.92. The molecule has 0 saturated heterocycles. The van der Waals surface area contributed by atoms with Crippen LogP contribution in [0.15, 0.2) is 33.5 Å². The molecular weight excluding hydrogens is 318 g/mol. The molecule has 4 nitrogen and oxygen atoms in total. The Balaban J connectivity index is 2.10. The molecule has 0 spiro atoms. The van der Waals surface area contributed by atoms with E-state index < -0.39 is 0 Å². The molecule has 0 aliphatic carbocycles. The van der Waals surface area contributed by atoms with Gasteiger partial charge in [-0.05, 0) is 60.9 Å². The average Bonchev–Trinajstić information content (AvgIpc) is 3.03. The minimum Gasteiger partial charge on any atom is -0.453 e. The van der Waals surface area contributed by atoms with Crippen LogP contribution in [0.4, 0.5) is 0 Å². The lowest BCUT2D eigenvalue weighted by molar-refractivity contribution is 0.396. The van der Waals surface area contributed by atoms with Crippen molar-refractivity contribution in [1.82, 2.24) is 15.1 Å². The standard InChI is InChI=1S/C15H22BrN3O/c1-4-8-17-13(14-5-6-15(16)20-14)10-12-7-9-19(18-12)11(2)3/h5-7,9,11,13,17H,4,8,10H2,1-3H3. The molecular formula is C15H22BrN3O. The molecule has 5 heteroatoms. The number of nitrogens with one attached hydrogen (secondary N) is 1. The van der Waals surface area contributed by atoms with Gasteiger partial charge in [0.25, 0.3) is 0 Å². The van der Waals surface area contributed by atoms with E-state index >= 15 is 0 Å². The van der Waals surface area contributed by atoms with E-state index in [9.17, 15) is 0 Å². The summed E-state index contributed by atoms with van der Waals surface area (Å²) >= 11 is 3.36. The maximum absolute atomic E-state index is 5.69. The van der Waals surface area contributed by atoms with E-state index in [1.807, 2.05) is 23.0 Å². The Bertz CT molecular complexity index is 533. The quantitative estimate of drug-likeness (QED) is 0.825. The van der Waals surface area contributed by atoms with Crippen LogP contribution in [0.1, 0.15) is 50.7 Å². The van der Waals surface area contributed by atoms with Crippen molar-refractivity contribution in [2.24, 2.45) is 0 Å². The third-order valence-electron chi connectivity index (χ3n) is 3.18. The number of hydrogen-bond donors (Lipinski definition) is 1. The summed E-state index contributed by atoms with van der Waals surface area (Å²) in [6.07, 6.45) is 3.97. The summed E-state index contributed by atoms with van der Waals surface area (Å²) in [5, 5.41) is 8.14. The largest absolute Gasteiger partial charge is 0.453 e. The Kier molecular flexibility index (Phi) is 5.43. The van der Waals surface area contributed by atoms with Crippen molar-refractivity contribution >= 4 is 15.9 Å². The van der Waals surface area contributed by atoms with Crippen molar-refractivity contribution in [3.05, 3.63) is 40.5 Å². The predicted molar refractivity (Wildman–Crippen MR) is 83.8 cm³/mol. The Morgan fingerprint density at radius 3 is 2.70 bits per heavy atom. The number of halogens is 1. The summed E-state index contributed by atoms with van der Waals surface area (Å²) in [7, 11) is 0. The fourth-order valence-electron chi connectivity index (χ4n) is 2.09. The highest BCUT2D eigenvalue weighted by atomic mass is 79.9. The van der Waals surface area contributed by atoms with Crippen LogP contribution in [0.2, 0.25) is 0 Å². The molecule has 1 N–H and O–H groups in total. The monoisotopic (exact) mass is 339 g/mol. The van der Waals surface area contributed by atoms with Gasteiger partial charge >= 0.3 is 0 Å². The highest BCUT2D eigenvalue weighted by Gasteiger charge is 2.17. The van der Waals surface area contributed by atoms with Crippen molar-refractivity contribution in [2.45, 2.75) is 45.7 Å². The van der Waals surface area contributed by atoms with E-state index in [0.29, 0.717) is 6.04 Å². The zero-order chi connectivity index (χ0) is 14.5. The van der Waals surface area contributed by atoms with Crippen LogP contribution >= 0.6 is 15.9 Å². The van der Waals surface area contributed by atoms with Crippen molar-refractivity contribution in [1.29, 1.82) is 0 Å². The summed E-state index contributed by atoms with van der Waals surface area (Å²) in [5.41, 5.74) is 1.08. The van der Waals surface area contributed by atoms with Crippen LogP contribution in [-0.2, 0) is 6.42 Å². The summed E-state index contributed by atoms with van der Waals surface area (Å²) in [5.74, 6) is 0.949. The molecule has 2 rings (SSSR count). The predicted octanol–water partition coefficient (Wildman–Crippen LogP) is 4.10. The van der Waals surface area contributed by atoms with Crippen molar-refractivity contribution in [2.75, 3.05) is 6.54 Å². The minimum atomic E-state index is 0.164. The highest BCUT2D eigenvalue weighted by molar-refractivity contribution is 9.10. The average molecular weight is 340 g/mol. The fourth-order valence-corrected chi connectivity index (χ4v) is 2.41. The third kappa shape index (κ3) is 3.96. The number of furan rings is 1. The molecule has 1 atom stereocenters. The maximum atomic E-state index is 5.69. The van der Waals surface area contributed by atoms with Gasteiger partial charge in [0.2, 0.25) is 0 Å². The third-order valence-corrected chi connectivity index (χ3v) is 3.61. The van der Waals surface area contributed by atoms with Crippen LogP contribution in [0.5, 0.6) is 0 Å². The lowest BCUT2D eigenvalue weighted by atomic mass is 10.1. The molecule has 20 heavy (non-hydrogen) atoms. The van der Waals surface area contributed by atoms with Crippen LogP contribution < -0.4 is 5.32 Å². The molecule has 0 aromatic carbocycles. The summed E-state index contributed by atoms with van der Waals surface area (Å²) < 4.78 is 8.45. The molecule has 0 aliphatic rings. The van der Waals surface area contributed by atoms with Gasteiger partial charge in [-0.1, -0.05) is 6.92 Å². The minimum absolute atomic E-state index is 0.164. The van der Waals surface area contributed by atoms with Crippen LogP contribution in [-0.4, -0.2) is 16.3 Å². The van der Waals surface area contributed by atoms with E-state index in [1.54, 1.807) is 0 Å². The molecule has 0 aliphatic heterocycles. The topological polar surface area (TPSA) is 43.0 Å². The lowest BCUT2D eigenvalue weighted by Crippen LogP contribution is -2.24. The van der Waals surface area contributed by atoms with Crippen LogP contribution in [0.3, 0.4) is 0 Å². The van der Waals surface area contributed by atoms with E-state index in [-0.39, 0.29) is 6.04 Å². The summed E-state index contributed by atoms with van der Waals surface area (Å²) in [6.45, 7) is 7.39. The Morgan fingerprint density at radius 1 is 1.35 bits per heavy atom. The van der Waals surface area contributed by atoms with E-state index in [0.717, 1.165) is 35.5 Å². The number of hydrogen-bond acceptors (Lipinski definition) is 3. The summed E-state index contributed by atoms with van der Waals surface area (Å²) in [4.78, 5) is 0. The second kappa shape index (κ2) is 7.09. The zero-order valence-electron chi connectivity index (χ0n) is 12.3. The smallest absolute Gasteiger partial charge is 0.169 e. The first-order chi connectivity index (χ1) is 9.60. The van der Waals surface area contributed by atoms with Gasteiger partial charge in [-0.2, -0.15) is 5.10 Å². The van der Waals surface area contributed by atoms with Crippen molar-refractivity contribution < 1.29 is 4.42 Å². The molecule has 0 fully saturated rings. The SMILES string of the molecule is CCCNC(Cc1ccn(C(C)C)n1)c1ccc(Br)o1. The molecule has 2 aromatic rings. The fraction of sp³-hybridized carbons (Fsp3) is 0.533. The molecule has 1 unspecified atom stereocenters. The van der Waals surface area contributed by atoms with Gasteiger partial charge in [-0.25, -0.2) is 0 Å². The van der Waals surface area contributed by atoms with Crippen molar-refractivity contribution in [3.8, 4) is 0 Å². The maximum Gasteiger partial charge on any atom is 0.169 e. The zero-order valence-corrected chi connectivity index (χ0v) is 13.9. The Morgan fingerprint density at radius 2 is 2.15 bits per heavy atom. The van der Waals surface area contributed by atoms with Gasteiger partial charge in [0.1, 0.15) is 5.76 Å². The number of rotatable bonds is 7. The van der Waals surface area contributed by atoms with Crippen molar-refractivity contribution in [3.63, 3.8) is 0 Å². The molecule has 2 aromatic heterocycles. The number of aromatic nitrogens is 2. The van der Waals surface area contributed by atoms with Gasteiger partial charge in [0, 0.05) is 18.7 Å². The van der Waals surface area contributed by atoms with Gasteiger partial charge in [0.15, 0.2) is 4.67 Å². The normalized spacial score (nSPS) is 13.1. The van der Waals surface area contributed by atoms with E-state index in [1.165, 1.54) is 0 Å².